The average molecular weight is 290 g/mol. The fourth-order valence-electron chi connectivity index (χ4n) is 2.85. The number of hydrogen-bond donors (Lipinski definition) is 2. The van der Waals surface area contributed by atoms with Crippen LogP contribution >= 0.6 is 0 Å². The second-order valence-electron chi connectivity index (χ2n) is 5.64. The van der Waals surface area contributed by atoms with Gasteiger partial charge in [-0.1, -0.05) is 30.3 Å². The Balaban J connectivity index is 1.87. The molecule has 0 bridgehead atoms. The smallest absolute Gasteiger partial charge is 0.308 e. The lowest BCUT2D eigenvalue weighted by Gasteiger charge is -2.23. The number of rotatable bonds is 5. The van der Waals surface area contributed by atoms with E-state index in [1.54, 1.807) is 0 Å². The standard InChI is InChI=1S/C16H22N2O3/c1-11(13-6-4-3-5-7-13)17-15(19)10-18-9-8-14(12(18)2)16(20)21/h3-7,11-12,14H,8-10H2,1-2H3,(H,17,19)(H,20,21). The summed E-state index contributed by atoms with van der Waals surface area (Å²) in [4.78, 5) is 25.1. The van der Waals surface area contributed by atoms with Crippen LogP contribution in [0.2, 0.25) is 0 Å². The summed E-state index contributed by atoms with van der Waals surface area (Å²) in [5, 5.41) is 12.1. The first-order valence-corrected chi connectivity index (χ1v) is 7.30. The van der Waals surface area contributed by atoms with Gasteiger partial charge in [0.25, 0.3) is 0 Å². The molecule has 1 aliphatic rings. The number of carboxylic acids is 1. The Bertz CT molecular complexity index is 504. The molecule has 1 aromatic rings. The van der Waals surface area contributed by atoms with Crippen molar-refractivity contribution in [2.75, 3.05) is 13.1 Å². The van der Waals surface area contributed by atoms with Gasteiger partial charge in [0.05, 0.1) is 18.5 Å². The summed E-state index contributed by atoms with van der Waals surface area (Å²) in [6.45, 7) is 4.73. The lowest BCUT2D eigenvalue weighted by Crippen LogP contribution is -2.41. The van der Waals surface area contributed by atoms with Crippen LogP contribution in [0.25, 0.3) is 0 Å². The Kier molecular flexibility index (Phi) is 4.96. The minimum Gasteiger partial charge on any atom is -0.481 e. The van der Waals surface area contributed by atoms with Crippen molar-refractivity contribution in [2.24, 2.45) is 5.92 Å². The van der Waals surface area contributed by atoms with Crippen LogP contribution in [0.15, 0.2) is 30.3 Å². The molecule has 0 radical (unpaired) electrons. The van der Waals surface area contributed by atoms with E-state index < -0.39 is 5.97 Å². The Morgan fingerprint density at radius 2 is 2.05 bits per heavy atom. The van der Waals surface area contributed by atoms with Gasteiger partial charge in [0, 0.05) is 6.04 Å². The van der Waals surface area contributed by atoms with Crippen molar-refractivity contribution in [3.63, 3.8) is 0 Å². The summed E-state index contributed by atoms with van der Waals surface area (Å²) in [5.41, 5.74) is 1.06. The number of benzene rings is 1. The molecule has 0 aromatic heterocycles. The highest BCUT2D eigenvalue weighted by Crippen LogP contribution is 2.23. The number of carbonyl (C=O) groups is 2. The average Bonchev–Trinajstić information content (AvgIpc) is 2.81. The van der Waals surface area contributed by atoms with Crippen LogP contribution in [0.5, 0.6) is 0 Å². The number of nitrogens with one attached hydrogen (secondary N) is 1. The largest absolute Gasteiger partial charge is 0.481 e. The maximum absolute atomic E-state index is 12.1. The van der Waals surface area contributed by atoms with Gasteiger partial charge in [-0.15, -0.1) is 0 Å². The maximum Gasteiger partial charge on any atom is 0.308 e. The van der Waals surface area contributed by atoms with E-state index in [4.69, 9.17) is 5.11 Å². The van der Waals surface area contributed by atoms with Crippen molar-refractivity contribution in [1.82, 2.24) is 10.2 Å². The Labute approximate surface area is 125 Å². The third kappa shape index (κ3) is 3.82. The molecular formula is C16H22N2O3. The number of likely N-dealkylation sites (tertiary alicyclic amines) is 1. The molecule has 1 fully saturated rings. The molecule has 1 heterocycles. The van der Waals surface area contributed by atoms with Crippen LogP contribution in [0.4, 0.5) is 0 Å². The molecule has 5 nitrogen and oxygen atoms in total. The minimum atomic E-state index is -0.775. The SMILES string of the molecule is CC(NC(=O)CN1CCC(C(=O)O)C1C)c1ccccc1. The van der Waals surface area contributed by atoms with Crippen LogP contribution in [0.1, 0.15) is 31.9 Å². The molecule has 3 unspecified atom stereocenters. The third-order valence-electron chi connectivity index (χ3n) is 4.23. The van der Waals surface area contributed by atoms with Crippen molar-refractivity contribution in [3.05, 3.63) is 35.9 Å². The lowest BCUT2D eigenvalue weighted by atomic mass is 10.0. The number of carbonyl (C=O) groups excluding carboxylic acids is 1. The predicted molar refractivity (Wildman–Crippen MR) is 79.8 cm³/mol. The fraction of sp³-hybridized carbons (Fsp3) is 0.500. The maximum atomic E-state index is 12.1. The van der Waals surface area contributed by atoms with E-state index >= 15 is 0 Å². The van der Waals surface area contributed by atoms with Gasteiger partial charge < -0.3 is 10.4 Å². The molecule has 1 aromatic carbocycles. The monoisotopic (exact) mass is 290 g/mol. The minimum absolute atomic E-state index is 0.0492. The first kappa shape index (κ1) is 15.5. The highest BCUT2D eigenvalue weighted by atomic mass is 16.4. The molecule has 2 N–H and O–H groups in total. The van der Waals surface area contributed by atoms with E-state index in [-0.39, 0.29) is 30.5 Å². The molecular weight excluding hydrogens is 268 g/mol. The first-order valence-electron chi connectivity index (χ1n) is 7.30. The summed E-state index contributed by atoms with van der Waals surface area (Å²) in [5.74, 6) is -1.21. The normalized spacial score (nSPS) is 23.7. The summed E-state index contributed by atoms with van der Waals surface area (Å²) in [6.07, 6.45) is 0.609. The van der Waals surface area contributed by atoms with Crippen molar-refractivity contribution in [3.8, 4) is 0 Å². The third-order valence-corrected chi connectivity index (χ3v) is 4.23. The Morgan fingerprint density at radius 1 is 1.38 bits per heavy atom. The molecule has 0 spiro atoms. The van der Waals surface area contributed by atoms with E-state index in [1.807, 2.05) is 49.1 Å². The van der Waals surface area contributed by atoms with Gasteiger partial charge >= 0.3 is 5.97 Å². The zero-order valence-electron chi connectivity index (χ0n) is 12.5. The zero-order valence-corrected chi connectivity index (χ0v) is 12.5. The summed E-state index contributed by atoms with van der Waals surface area (Å²) < 4.78 is 0. The predicted octanol–water partition coefficient (Wildman–Crippen LogP) is 1.66. The van der Waals surface area contributed by atoms with E-state index in [9.17, 15) is 9.59 Å². The van der Waals surface area contributed by atoms with Gasteiger partial charge in [-0.3, -0.25) is 14.5 Å². The molecule has 0 aliphatic carbocycles. The zero-order chi connectivity index (χ0) is 15.4. The van der Waals surface area contributed by atoms with E-state index in [0.29, 0.717) is 13.0 Å². The molecule has 3 atom stereocenters. The van der Waals surface area contributed by atoms with Crippen molar-refractivity contribution >= 4 is 11.9 Å². The lowest BCUT2D eigenvalue weighted by molar-refractivity contribution is -0.142. The summed E-state index contributed by atoms with van der Waals surface area (Å²) in [7, 11) is 0. The molecule has 5 heteroatoms. The van der Waals surface area contributed by atoms with Crippen LogP contribution in [-0.2, 0) is 9.59 Å². The van der Waals surface area contributed by atoms with Crippen LogP contribution in [0.3, 0.4) is 0 Å². The van der Waals surface area contributed by atoms with Gasteiger partial charge in [0.2, 0.25) is 5.91 Å². The van der Waals surface area contributed by atoms with E-state index in [0.717, 1.165) is 5.56 Å². The van der Waals surface area contributed by atoms with Crippen LogP contribution in [0, 0.1) is 5.92 Å². The van der Waals surface area contributed by atoms with Crippen LogP contribution in [-0.4, -0.2) is 41.0 Å². The molecule has 1 amide bonds. The fourth-order valence-corrected chi connectivity index (χ4v) is 2.85. The van der Waals surface area contributed by atoms with E-state index in [1.165, 1.54) is 0 Å². The highest BCUT2D eigenvalue weighted by Gasteiger charge is 2.36. The van der Waals surface area contributed by atoms with Crippen molar-refractivity contribution in [2.45, 2.75) is 32.4 Å². The van der Waals surface area contributed by atoms with Gasteiger partial charge in [-0.25, -0.2) is 0 Å². The second kappa shape index (κ2) is 6.72. The molecule has 1 aliphatic heterocycles. The summed E-state index contributed by atoms with van der Waals surface area (Å²) in [6, 6.07) is 9.63. The number of carboxylic acid groups (broad SMARTS) is 1. The molecule has 0 saturated carbocycles. The van der Waals surface area contributed by atoms with Crippen molar-refractivity contribution < 1.29 is 14.7 Å². The first-order chi connectivity index (χ1) is 9.99. The number of amides is 1. The Hall–Kier alpha value is -1.88. The number of hydrogen-bond acceptors (Lipinski definition) is 3. The molecule has 114 valence electrons. The number of nitrogens with zero attached hydrogens (tertiary/aromatic N) is 1. The molecule has 1 saturated heterocycles. The summed E-state index contributed by atoms with van der Waals surface area (Å²) >= 11 is 0. The Morgan fingerprint density at radius 3 is 2.62 bits per heavy atom. The van der Waals surface area contributed by atoms with Crippen molar-refractivity contribution in [1.29, 1.82) is 0 Å². The van der Waals surface area contributed by atoms with E-state index in [2.05, 4.69) is 5.32 Å². The topological polar surface area (TPSA) is 69.6 Å². The van der Waals surface area contributed by atoms with Gasteiger partial charge in [-0.2, -0.15) is 0 Å². The van der Waals surface area contributed by atoms with Gasteiger partial charge in [0.15, 0.2) is 0 Å². The van der Waals surface area contributed by atoms with Crippen LogP contribution < -0.4 is 5.32 Å². The molecule has 2 rings (SSSR count). The quantitative estimate of drug-likeness (QED) is 0.865. The van der Waals surface area contributed by atoms with Gasteiger partial charge in [-0.05, 0) is 32.4 Å². The highest BCUT2D eigenvalue weighted by molar-refractivity contribution is 5.79. The number of aliphatic carboxylic acids is 1. The molecule has 21 heavy (non-hydrogen) atoms. The second-order valence-corrected chi connectivity index (χ2v) is 5.64. The van der Waals surface area contributed by atoms with Gasteiger partial charge in [0.1, 0.15) is 0 Å².